The monoisotopic (exact) mass is 443 g/mol. The van der Waals surface area contributed by atoms with Crippen LogP contribution >= 0.6 is 24.0 Å². The Bertz CT molecular complexity index is 829. The van der Waals surface area contributed by atoms with Crippen LogP contribution in [0, 0.1) is 12.7 Å². The van der Waals surface area contributed by atoms with E-state index in [0.29, 0.717) is 36.0 Å². The van der Waals surface area contributed by atoms with Gasteiger partial charge in [-0.25, -0.2) is 4.39 Å². The van der Waals surface area contributed by atoms with Crippen molar-refractivity contribution >= 4 is 30.0 Å². The smallest absolute Gasteiger partial charge is 0.304 e. The quantitative estimate of drug-likeness (QED) is 0.675. The van der Waals surface area contributed by atoms with E-state index in [0.717, 1.165) is 17.7 Å². The average Bonchev–Trinajstić information content (AvgIpc) is 2.67. The van der Waals surface area contributed by atoms with Crippen LogP contribution in [0.15, 0.2) is 36.4 Å². The van der Waals surface area contributed by atoms with Gasteiger partial charge in [-0.15, -0.1) is 12.4 Å². The molecule has 2 aromatic rings. The van der Waals surface area contributed by atoms with Gasteiger partial charge in [0, 0.05) is 25.2 Å². The molecule has 0 spiro atoms. The number of carboxylic acids is 1. The van der Waals surface area contributed by atoms with E-state index in [1.165, 1.54) is 6.07 Å². The van der Waals surface area contributed by atoms with Crippen molar-refractivity contribution in [3.63, 3.8) is 0 Å². The first kappa shape index (κ1) is 23.4. The Balaban J connectivity index is 0.00000300. The maximum Gasteiger partial charge on any atom is 0.304 e. The van der Waals surface area contributed by atoms with Crippen LogP contribution in [0.2, 0.25) is 5.02 Å². The van der Waals surface area contributed by atoms with Gasteiger partial charge in [0.15, 0.2) is 0 Å². The molecular formula is C21H24Cl2FNO4. The topological polar surface area (TPSA) is 59.0 Å². The van der Waals surface area contributed by atoms with Crippen molar-refractivity contribution in [1.82, 2.24) is 4.90 Å². The van der Waals surface area contributed by atoms with E-state index in [1.807, 2.05) is 25.1 Å². The summed E-state index contributed by atoms with van der Waals surface area (Å²) in [7, 11) is 0. The summed E-state index contributed by atoms with van der Waals surface area (Å²) in [6.07, 6.45) is 0.00762. The van der Waals surface area contributed by atoms with E-state index in [-0.39, 0.29) is 37.4 Å². The molecule has 5 nitrogen and oxygen atoms in total. The number of carboxylic acid groups (broad SMARTS) is 1. The number of ether oxygens (including phenoxy) is 2. The highest BCUT2D eigenvalue weighted by atomic mass is 35.5. The van der Waals surface area contributed by atoms with Crippen LogP contribution in [0.5, 0.6) is 5.75 Å². The lowest BCUT2D eigenvalue weighted by Crippen LogP contribution is -2.39. The fourth-order valence-electron chi connectivity index (χ4n) is 3.22. The minimum absolute atomic E-state index is 0. The van der Waals surface area contributed by atoms with E-state index in [9.17, 15) is 9.18 Å². The molecule has 1 fully saturated rings. The van der Waals surface area contributed by atoms with Crippen molar-refractivity contribution in [2.45, 2.75) is 26.1 Å². The van der Waals surface area contributed by atoms with Gasteiger partial charge in [0.1, 0.15) is 18.2 Å². The van der Waals surface area contributed by atoms with Gasteiger partial charge in [-0.3, -0.25) is 9.69 Å². The Morgan fingerprint density at radius 1 is 1.38 bits per heavy atom. The number of carbonyl (C=O) groups is 1. The molecule has 1 N–H and O–H groups in total. The third-order valence-electron chi connectivity index (χ3n) is 4.80. The summed E-state index contributed by atoms with van der Waals surface area (Å²) in [6.45, 7) is 4.43. The number of morpholine rings is 1. The molecule has 158 valence electrons. The lowest BCUT2D eigenvalue weighted by molar-refractivity contribution is -0.137. The van der Waals surface area contributed by atoms with Crippen LogP contribution in [0.1, 0.15) is 29.2 Å². The summed E-state index contributed by atoms with van der Waals surface area (Å²) in [6, 6.07) is 10.3. The van der Waals surface area contributed by atoms with Crippen molar-refractivity contribution in [1.29, 1.82) is 0 Å². The van der Waals surface area contributed by atoms with Gasteiger partial charge in [-0.2, -0.15) is 0 Å². The van der Waals surface area contributed by atoms with E-state index in [2.05, 4.69) is 4.90 Å². The molecule has 1 aliphatic rings. The summed E-state index contributed by atoms with van der Waals surface area (Å²) in [4.78, 5) is 12.9. The zero-order valence-electron chi connectivity index (χ0n) is 16.1. The van der Waals surface area contributed by atoms with Crippen LogP contribution in [-0.4, -0.2) is 42.2 Å². The highest BCUT2D eigenvalue weighted by molar-refractivity contribution is 6.31. The number of hydrogen-bond acceptors (Lipinski definition) is 4. The lowest BCUT2D eigenvalue weighted by Gasteiger charge is -2.33. The van der Waals surface area contributed by atoms with Gasteiger partial charge in [0.2, 0.25) is 0 Å². The first-order valence-electron chi connectivity index (χ1n) is 9.16. The second-order valence-electron chi connectivity index (χ2n) is 6.82. The molecule has 0 amide bonds. The molecule has 8 heteroatoms. The average molecular weight is 444 g/mol. The molecular weight excluding hydrogens is 420 g/mol. The van der Waals surface area contributed by atoms with Crippen molar-refractivity contribution in [3.05, 3.63) is 63.9 Å². The highest BCUT2D eigenvalue weighted by Gasteiger charge is 2.23. The predicted molar refractivity (Wildman–Crippen MR) is 112 cm³/mol. The van der Waals surface area contributed by atoms with Gasteiger partial charge in [-0.1, -0.05) is 23.7 Å². The van der Waals surface area contributed by atoms with Crippen LogP contribution in [0.4, 0.5) is 4.39 Å². The number of aryl methyl sites for hydroxylation is 1. The Kier molecular flexibility index (Phi) is 8.71. The van der Waals surface area contributed by atoms with Crippen molar-refractivity contribution in [3.8, 4) is 5.75 Å². The maximum absolute atomic E-state index is 13.9. The lowest BCUT2D eigenvalue weighted by atomic mass is 10.0. The minimum atomic E-state index is -0.796. The molecule has 1 atom stereocenters. The molecule has 0 radical (unpaired) electrons. The first-order valence-corrected chi connectivity index (χ1v) is 9.54. The molecule has 0 aromatic heterocycles. The number of nitrogens with zero attached hydrogens (tertiary/aromatic N) is 1. The zero-order chi connectivity index (χ0) is 20.1. The van der Waals surface area contributed by atoms with Crippen molar-refractivity contribution < 1.29 is 23.8 Å². The summed E-state index contributed by atoms with van der Waals surface area (Å²) in [5, 5.41) is 9.20. The third-order valence-corrected chi connectivity index (χ3v) is 5.15. The Morgan fingerprint density at radius 2 is 2.17 bits per heavy atom. The molecule has 1 heterocycles. The summed E-state index contributed by atoms with van der Waals surface area (Å²) < 4.78 is 25.5. The number of aliphatic carboxylic acids is 1. The van der Waals surface area contributed by atoms with Crippen molar-refractivity contribution in [2.75, 3.05) is 26.2 Å². The zero-order valence-corrected chi connectivity index (χ0v) is 17.6. The number of rotatable bonds is 7. The molecule has 0 bridgehead atoms. The van der Waals surface area contributed by atoms with E-state index in [4.69, 9.17) is 26.2 Å². The van der Waals surface area contributed by atoms with Crippen LogP contribution in [-0.2, 0) is 16.1 Å². The summed E-state index contributed by atoms with van der Waals surface area (Å²) in [5.74, 6) is -0.532. The van der Waals surface area contributed by atoms with Crippen LogP contribution < -0.4 is 4.74 Å². The largest absolute Gasteiger partial charge is 0.488 e. The Morgan fingerprint density at radius 3 is 2.86 bits per heavy atom. The molecule has 3 rings (SSSR count). The predicted octanol–water partition coefficient (Wildman–Crippen LogP) is 4.64. The third kappa shape index (κ3) is 6.31. The minimum Gasteiger partial charge on any atom is -0.488 e. The second kappa shape index (κ2) is 10.8. The molecule has 1 saturated heterocycles. The van der Waals surface area contributed by atoms with E-state index < -0.39 is 5.97 Å². The SMILES string of the molecule is Cc1cc(C2CN(CCC(=O)O)CCO2)ccc1OCc1c(F)cccc1Cl.Cl. The van der Waals surface area contributed by atoms with Gasteiger partial charge in [-0.05, 0) is 42.3 Å². The molecule has 0 saturated carbocycles. The fourth-order valence-corrected chi connectivity index (χ4v) is 3.43. The fraction of sp³-hybridized carbons (Fsp3) is 0.381. The molecule has 1 unspecified atom stereocenters. The van der Waals surface area contributed by atoms with Crippen LogP contribution in [0.3, 0.4) is 0 Å². The molecule has 0 aliphatic carbocycles. The van der Waals surface area contributed by atoms with E-state index >= 15 is 0 Å². The number of halogens is 3. The number of hydrogen-bond donors (Lipinski definition) is 1. The van der Waals surface area contributed by atoms with Crippen LogP contribution in [0.25, 0.3) is 0 Å². The molecule has 1 aliphatic heterocycles. The molecule has 29 heavy (non-hydrogen) atoms. The van der Waals surface area contributed by atoms with Gasteiger partial charge < -0.3 is 14.6 Å². The van der Waals surface area contributed by atoms with Crippen molar-refractivity contribution in [2.24, 2.45) is 0 Å². The first-order chi connectivity index (χ1) is 13.4. The Labute approximate surface area is 180 Å². The Hall–Kier alpha value is -1.86. The maximum atomic E-state index is 13.9. The van der Waals surface area contributed by atoms with Gasteiger partial charge >= 0.3 is 5.97 Å². The summed E-state index contributed by atoms with van der Waals surface area (Å²) in [5.41, 5.74) is 2.25. The standard InChI is InChI=1S/C21H23ClFNO4.ClH/c1-14-11-15(20-12-24(9-10-27-20)8-7-21(25)26)5-6-19(14)28-13-16-17(22)3-2-4-18(16)23;/h2-6,11,20H,7-10,12-13H2,1H3,(H,25,26);1H. The second-order valence-corrected chi connectivity index (χ2v) is 7.22. The molecule has 2 aromatic carbocycles. The van der Waals surface area contributed by atoms with Gasteiger partial charge in [0.25, 0.3) is 0 Å². The van der Waals surface area contributed by atoms with E-state index in [1.54, 1.807) is 12.1 Å². The number of benzene rings is 2. The van der Waals surface area contributed by atoms with Gasteiger partial charge in [0.05, 0.1) is 24.2 Å². The summed E-state index contributed by atoms with van der Waals surface area (Å²) >= 11 is 6.04. The highest BCUT2D eigenvalue weighted by Crippen LogP contribution is 2.28. The normalized spacial score (nSPS) is 16.9.